The summed E-state index contributed by atoms with van der Waals surface area (Å²) in [6, 6.07) is 0. The van der Waals surface area contributed by atoms with E-state index >= 15 is 0 Å². The Balaban J connectivity index is 0. The van der Waals surface area contributed by atoms with Gasteiger partial charge in [0.15, 0.2) is 0 Å². The Labute approximate surface area is 129 Å². The topological polar surface area (TPSA) is 52.6 Å². The van der Waals surface area contributed by atoms with Gasteiger partial charge in [-0.25, -0.2) is 9.59 Å². The summed E-state index contributed by atoms with van der Waals surface area (Å²) in [6.45, 7) is 15.5. The molecule has 0 aliphatic rings. The molecule has 0 aromatic carbocycles. The summed E-state index contributed by atoms with van der Waals surface area (Å²) in [4.78, 5) is 21.2. The van der Waals surface area contributed by atoms with Gasteiger partial charge in [-0.3, -0.25) is 0 Å². The van der Waals surface area contributed by atoms with E-state index in [1.54, 1.807) is 13.8 Å². The fraction of sp³-hybridized carbons (Fsp3) is 0.647. The number of unbranched alkanes of at least 4 members (excludes halogenated alkanes) is 1. The third kappa shape index (κ3) is 14.6. The summed E-state index contributed by atoms with van der Waals surface area (Å²) in [5.74, 6) is -0.110. The highest BCUT2D eigenvalue weighted by molar-refractivity contribution is 5.86. The Hall–Kier alpha value is -1.58. The highest BCUT2D eigenvalue weighted by Gasteiger charge is 2.09. The molecule has 1 unspecified atom stereocenters. The minimum atomic E-state index is -0.359. The molecule has 1 atom stereocenters. The smallest absolute Gasteiger partial charge is 0.333 e. The van der Waals surface area contributed by atoms with Crippen LogP contribution in [0.15, 0.2) is 24.8 Å². The Morgan fingerprint density at radius 2 is 1.81 bits per heavy atom. The van der Waals surface area contributed by atoms with Crippen molar-refractivity contribution in [3.8, 4) is 0 Å². The molecule has 4 nitrogen and oxygen atoms in total. The maximum atomic E-state index is 11.1. The number of hydrogen-bond donors (Lipinski definition) is 0. The molecular formula is C17H30O4. The van der Waals surface area contributed by atoms with Crippen LogP contribution in [0, 0.1) is 5.92 Å². The van der Waals surface area contributed by atoms with Crippen LogP contribution in [-0.2, 0) is 19.1 Å². The first kappa shape index (κ1) is 21.7. The van der Waals surface area contributed by atoms with E-state index in [2.05, 4.69) is 31.7 Å². The van der Waals surface area contributed by atoms with Crippen molar-refractivity contribution >= 4 is 11.9 Å². The van der Waals surface area contributed by atoms with Crippen molar-refractivity contribution in [3.05, 3.63) is 24.8 Å². The normalized spacial score (nSPS) is 10.7. The average Bonchev–Trinajstić information content (AvgIpc) is 2.47. The lowest BCUT2D eigenvalue weighted by atomic mass is 10.0. The van der Waals surface area contributed by atoms with Gasteiger partial charge in [0.1, 0.15) is 0 Å². The third-order valence-corrected chi connectivity index (χ3v) is 2.80. The predicted octanol–water partition coefficient (Wildman–Crippen LogP) is 4.06. The van der Waals surface area contributed by atoms with Crippen LogP contribution in [0.3, 0.4) is 0 Å². The quantitative estimate of drug-likeness (QED) is 0.476. The summed E-state index contributed by atoms with van der Waals surface area (Å²) in [5.41, 5.74) is 0.482. The summed E-state index contributed by atoms with van der Waals surface area (Å²) < 4.78 is 9.55. The zero-order chi connectivity index (χ0) is 16.7. The molecule has 0 saturated carbocycles. The van der Waals surface area contributed by atoms with Gasteiger partial charge in [-0.05, 0) is 26.2 Å². The van der Waals surface area contributed by atoms with E-state index in [0.717, 1.165) is 18.9 Å². The molecule has 0 aromatic heterocycles. The maximum Gasteiger partial charge on any atom is 0.333 e. The molecule has 0 amide bonds. The highest BCUT2D eigenvalue weighted by Crippen LogP contribution is 2.13. The summed E-state index contributed by atoms with van der Waals surface area (Å²) in [7, 11) is 0. The summed E-state index contributed by atoms with van der Waals surface area (Å²) in [6.07, 6.45) is 5.78. The van der Waals surface area contributed by atoms with Crippen LogP contribution in [0.5, 0.6) is 0 Å². The zero-order valence-corrected chi connectivity index (χ0v) is 13.9. The monoisotopic (exact) mass is 298 g/mol. The van der Waals surface area contributed by atoms with Gasteiger partial charge in [-0.15, -0.1) is 0 Å². The van der Waals surface area contributed by atoms with Crippen molar-refractivity contribution in [3.63, 3.8) is 0 Å². The molecule has 0 aliphatic carbocycles. The van der Waals surface area contributed by atoms with Crippen LogP contribution < -0.4 is 0 Å². The van der Waals surface area contributed by atoms with Crippen molar-refractivity contribution in [2.24, 2.45) is 5.92 Å². The van der Waals surface area contributed by atoms with Gasteiger partial charge >= 0.3 is 11.9 Å². The predicted molar refractivity (Wildman–Crippen MR) is 85.9 cm³/mol. The van der Waals surface area contributed by atoms with Crippen molar-refractivity contribution in [2.45, 2.75) is 53.4 Å². The molecule has 21 heavy (non-hydrogen) atoms. The zero-order valence-electron chi connectivity index (χ0n) is 13.9. The fourth-order valence-electron chi connectivity index (χ4n) is 1.42. The van der Waals surface area contributed by atoms with E-state index in [4.69, 9.17) is 4.74 Å². The first-order valence-electron chi connectivity index (χ1n) is 7.54. The summed E-state index contributed by atoms with van der Waals surface area (Å²) >= 11 is 0. The lowest BCUT2D eigenvalue weighted by Crippen LogP contribution is -2.14. The number of carbonyl (C=O) groups excluding carboxylic acids is 2. The number of carbonyl (C=O) groups is 2. The van der Waals surface area contributed by atoms with Crippen LogP contribution >= 0.6 is 0 Å². The SMILES string of the molecule is C=C(C)C(=O)OCC(CC)CCCC.C=CC(=O)OCC. The molecule has 0 bridgehead atoms. The molecule has 0 aliphatic heterocycles. The molecule has 0 N–H and O–H groups in total. The fourth-order valence-corrected chi connectivity index (χ4v) is 1.42. The highest BCUT2D eigenvalue weighted by atomic mass is 16.5. The van der Waals surface area contributed by atoms with Crippen molar-refractivity contribution < 1.29 is 19.1 Å². The Bertz CT molecular complexity index is 321. The minimum absolute atomic E-state index is 0.264. The van der Waals surface area contributed by atoms with Crippen molar-refractivity contribution in [1.82, 2.24) is 0 Å². The second kappa shape index (κ2) is 14.8. The molecule has 0 heterocycles. The first-order valence-corrected chi connectivity index (χ1v) is 7.54. The van der Waals surface area contributed by atoms with Gasteiger partial charge in [-0.1, -0.05) is 46.3 Å². The standard InChI is InChI=1S/C12H22O2.C5H8O2/c1-5-7-8-11(6-2)9-14-12(13)10(3)4;1-3-5(6)7-4-2/h11H,3,5-9H2,1-2,4H3;3H,1,4H2,2H3. The molecule has 0 radical (unpaired) electrons. The molecule has 0 spiro atoms. The maximum absolute atomic E-state index is 11.1. The van der Waals surface area contributed by atoms with Crippen LogP contribution in [0.2, 0.25) is 0 Å². The van der Waals surface area contributed by atoms with Gasteiger partial charge in [-0.2, -0.15) is 0 Å². The number of rotatable bonds is 9. The lowest BCUT2D eigenvalue weighted by Gasteiger charge is -2.14. The van der Waals surface area contributed by atoms with Gasteiger partial charge in [0.2, 0.25) is 0 Å². The molecule has 0 fully saturated rings. The summed E-state index contributed by atoms with van der Waals surface area (Å²) in [5, 5.41) is 0. The van der Waals surface area contributed by atoms with Crippen LogP contribution in [0.1, 0.15) is 53.4 Å². The number of ether oxygens (including phenoxy) is 2. The molecule has 122 valence electrons. The minimum Gasteiger partial charge on any atom is -0.463 e. The van der Waals surface area contributed by atoms with E-state index in [0.29, 0.717) is 24.7 Å². The van der Waals surface area contributed by atoms with Crippen LogP contribution in [-0.4, -0.2) is 25.2 Å². The van der Waals surface area contributed by atoms with E-state index in [-0.39, 0.29) is 11.9 Å². The van der Waals surface area contributed by atoms with E-state index < -0.39 is 0 Å². The van der Waals surface area contributed by atoms with Crippen molar-refractivity contribution in [2.75, 3.05) is 13.2 Å². The second-order valence-corrected chi connectivity index (χ2v) is 4.75. The number of esters is 2. The third-order valence-electron chi connectivity index (χ3n) is 2.80. The molecule has 4 heteroatoms. The number of hydrogen-bond acceptors (Lipinski definition) is 4. The second-order valence-electron chi connectivity index (χ2n) is 4.75. The molecular weight excluding hydrogens is 268 g/mol. The van der Waals surface area contributed by atoms with E-state index in [1.165, 1.54) is 12.8 Å². The van der Waals surface area contributed by atoms with Gasteiger partial charge in [0.25, 0.3) is 0 Å². The molecule has 0 saturated heterocycles. The molecule has 0 aromatic rings. The van der Waals surface area contributed by atoms with Gasteiger partial charge < -0.3 is 9.47 Å². The van der Waals surface area contributed by atoms with Crippen LogP contribution in [0.25, 0.3) is 0 Å². The van der Waals surface area contributed by atoms with E-state index in [9.17, 15) is 9.59 Å². The van der Waals surface area contributed by atoms with Gasteiger partial charge in [0.05, 0.1) is 13.2 Å². The van der Waals surface area contributed by atoms with Crippen LogP contribution in [0.4, 0.5) is 0 Å². The Morgan fingerprint density at radius 1 is 1.19 bits per heavy atom. The Morgan fingerprint density at radius 3 is 2.14 bits per heavy atom. The van der Waals surface area contributed by atoms with Crippen molar-refractivity contribution in [1.29, 1.82) is 0 Å². The largest absolute Gasteiger partial charge is 0.463 e. The Kier molecular flexibility index (Phi) is 15.3. The first-order chi connectivity index (χ1) is 9.92. The van der Waals surface area contributed by atoms with Gasteiger partial charge in [0, 0.05) is 11.6 Å². The molecule has 0 rings (SSSR count). The van der Waals surface area contributed by atoms with E-state index in [1.807, 2.05) is 0 Å². The lowest BCUT2D eigenvalue weighted by molar-refractivity contribution is -0.140. The average molecular weight is 298 g/mol.